The molecule has 2 heterocycles. The number of pyridine rings is 1. The topological polar surface area (TPSA) is 85.5 Å². The van der Waals surface area contributed by atoms with Crippen molar-refractivity contribution in [3.05, 3.63) is 54.6 Å². The van der Waals surface area contributed by atoms with E-state index in [-0.39, 0.29) is 23.5 Å². The van der Waals surface area contributed by atoms with Crippen molar-refractivity contribution in [2.24, 2.45) is 11.7 Å². The number of piperidine rings is 1. The van der Waals surface area contributed by atoms with Gasteiger partial charge >= 0.3 is 0 Å². The van der Waals surface area contributed by atoms with Gasteiger partial charge in [0.1, 0.15) is 5.75 Å². The van der Waals surface area contributed by atoms with Crippen LogP contribution in [0.4, 0.5) is 0 Å². The van der Waals surface area contributed by atoms with Crippen molar-refractivity contribution >= 4 is 34.5 Å². The van der Waals surface area contributed by atoms with E-state index in [1.54, 1.807) is 12.0 Å². The molecule has 1 fully saturated rings. The lowest BCUT2D eigenvalue weighted by atomic mass is 9.97. The highest BCUT2D eigenvalue weighted by Gasteiger charge is 2.27. The predicted octanol–water partition coefficient (Wildman–Crippen LogP) is 3.73. The van der Waals surface area contributed by atoms with Crippen molar-refractivity contribution in [3.8, 4) is 16.9 Å². The Hall–Kier alpha value is -3.06. The van der Waals surface area contributed by atoms with Gasteiger partial charge in [0.15, 0.2) is 0 Å². The Morgan fingerprint density at radius 1 is 1.19 bits per heavy atom. The van der Waals surface area contributed by atoms with Gasteiger partial charge in [-0.25, -0.2) is 4.98 Å². The lowest BCUT2D eigenvalue weighted by Crippen LogP contribution is -2.44. The molecule has 1 unspecified atom stereocenters. The Bertz CT molecular complexity index is 1100. The molecule has 2 N–H and O–H groups in total. The Morgan fingerprint density at radius 3 is 2.74 bits per heavy atom. The minimum atomic E-state index is -0.331. The summed E-state index contributed by atoms with van der Waals surface area (Å²) in [5, 5.41) is 1.81. The fraction of sp³-hybridized carbons (Fsp3) is 0.292. The molecule has 4 rings (SSSR count). The fourth-order valence-electron chi connectivity index (χ4n) is 3.90. The highest BCUT2D eigenvalue weighted by molar-refractivity contribution is 7.99. The quantitative estimate of drug-likeness (QED) is 0.597. The molecule has 1 atom stereocenters. The van der Waals surface area contributed by atoms with Crippen LogP contribution >= 0.6 is 11.8 Å². The smallest absolute Gasteiger partial charge is 0.233 e. The SMILES string of the molecule is COc1ccc2c(-c3ccccc3)cc(SCC(=O)N3CCCC(C(N)=O)C3)nc2c1. The molecule has 1 aliphatic rings. The highest BCUT2D eigenvalue weighted by atomic mass is 32.2. The molecule has 2 amide bonds. The Labute approximate surface area is 185 Å². The van der Waals surface area contributed by atoms with Crippen molar-refractivity contribution in [1.29, 1.82) is 0 Å². The second-order valence-corrected chi connectivity index (χ2v) is 8.62. The molecule has 160 valence electrons. The molecule has 2 aromatic carbocycles. The lowest BCUT2D eigenvalue weighted by molar-refractivity contribution is -0.132. The summed E-state index contributed by atoms with van der Waals surface area (Å²) in [6.45, 7) is 1.08. The minimum absolute atomic E-state index is 0.00440. The van der Waals surface area contributed by atoms with E-state index in [4.69, 9.17) is 15.5 Å². The summed E-state index contributed by atoms with van der Waals surface area (Å²) in [5.74, 6) is 0.427. The van der Waals surface area contributed by atoms with Crippen LogP contribution in [-0.4, -0.2) is 47.7 Å². The fourth-order valence-corrected chi connectivity index (χ4v) is 4.72. The summed E-state index contributed by atoms with van der Waals surface area (Å²) in [4.78, 5) is 30.8. The van der Waals surface area contributed by atoms with Gasteiger partial charge in [-0.1, -0.05) is 42.1 Å². The van der Waals surface area contributed by atoms with Crippen molar-refractivity contribution in [3.63, 3.8) is 0 Å². The summed E-state index contributed by atoms with van der Waals surface area (Å²) in [5.41, 5.74) is 8.42. The molecule has 1 aliphatic heterocycles. The second-order valence-electron chi connectivity index (χ2n) is 7.63. The first-order valence-corrected chi connectivity index (χ1v) is 11.3. The maximum atomic E-state index is 12.8. The molecule has 0 radical (unpaired) electrons. The molecule has 0 bridgehead atoms. The molecule has 31 heavy (non-hydrogen) atoms. The monoisotopic (exact) mass is 435 g/mol. The van der Waals surface area contributed by atoms with E-state index in [9.17, 15) is 9.59 Å². The van der Waals surface area contributed by atoms with Gasteiger partial charge in [-0.05, 0) is 42.2 Å². The summed E-state index contributed by atoms with van der Waals surface area (Å²) in [6.07, 6.45) is 1.55. The third-order valence-electron chi connectivity index (χ3n) is 5.60. The Morgan fingerprint density at radius 2 is 2.00 bits per heavy atom. The largest absolute Gasteiger partial charge is 0.497 e. The van der Waals surface area contributed by atoms with E-state index >= 15 is 0 Å². The van der Waals surface area contributed by atoms with Gasteiger partial charge in [0, 0.05) is 24.5 Å². The van der Waals surface area contributed by atoms with Gasteiger partial charge < -0.3 is 15.4 Å². The third-order valence-corrected chi connectivity index (χ3v) is 6.49. The maximum absolute atomic E-state index is 12.8. The van der Waals surface area contributed by atoms with Crippen LogP contribution < -0.4 is 10.5 Å². The van der Waals surface area contributed by atoms with E-state index < -0.39 is 0 Å². The van der Waals surface area contributed by atoms with E-state index in [0.717, 1.165) is 45.6 Å². The molecule has 6 nitrogen and oxygen atoms in total. The number of carbonyl (C=O) groups is 2. The van der Waals surface area contributed by atoms with Crippen LogP contribution in [0.3, 0.4) is 0 Å². The number of fused-ring (bicyclic) bond motifs is 1. The zero-order valence-electron chi connectivity index (χ0n) is 17.4. The molecule has 1 saturated heterocycles. The molecule has 0 saturated carbocycles. The number of hydrogen-bond donors (Lipinski definition) is 1. The molecule has 1 aromatic heterocycles. The van der Waals surface area contributed by atoms with E-state index in [1.165, 1.54) is 11.8 Å². The average molecular weight is 436 g/mol. The van der Waals surface area contributed by atoms with Crippen molar-refractivity contribution in [2.45, 2.75) is 17.9 Å². The number of benzene rings is 2. The molecule has 3 aromatic rings. The molecular weight excluding hydrogens is 410 g/mol. The number of hydrogen-bond acceptors (Lipinski definition) is 5. The van der Waals surface area contributed by atoms with Crippen molar-refractivity contribution in [1.82, 2.24) is 9.88 Å². The molecule has 7 heteroatoms. The van der Waals surface area contributed by atoms with Crippen LogP contribution in [0, 0.1) is 5.92 Å². The standard InChI is InChI=1S/C24H25N3O3S/c1-30-18-9-10-19-20(16-6-3-2-4-7-16)13-22(26-21(19)12-18)31-15-23(28)27-11-5-8-17(14-27)24(25)29/h2-4,6-7,9-10,12-13,17H,5,8,11,14-15H2,1H3,(H2,25,29). The first-order valence-electron chi connectivity index (χ1n) is 10.3. The van der Waals surface area contributed by atoms with E-state index in [1.807, 2.05) is 42.5 Å². The van der Waals surface area contributed by atoms with Gasteiger partial charge in [-0.3, -0.25) is 9.59 Å². The van der Waals surface area contributed by atoms with Gasteiger partial charge in [0.05, 0.1) is 29.3 Å². The van der Waals surface area contributed by atoms with Gasteiger partial charge in [-0.2, -0.15) is 0 Å². The number of rotatable bonds is 6. The minimum Gasteiger partial charge on any atom is -0.497 e. The van der Waals surface area contributed by atoms with Crippen molar-refractivity contribution in [2.75, 3.05) is 26.0 Å². The number of amides is 2. The zero-order chi connectivity index (χ0) is 21.8. The number of nitrogens with zero attached hydrogens (tertiary/aromatic N) is 2. The van der Waals surface area contributed by atoms with E-state index in [0.29, 0.717) is 13.1 Å². The number of methoxy groups -OCH3 is 1. The number of nitrogens with two attached hydrogens (primary N) is 1. The molecular formula is C24H25N3O3S. The summed E-state index contributed by atoms with van der Waals surface area (Å²) >= 11 is 1.41. The summed E-state index contributed by atoms with van der Waals surface area (Å²) in [7, 11) is 1.63. The van der Waals surface area contributed by atoms with Crippen LogP contribution in [0.1, 0.15) is 12.8 Å². The van der Waals surface area contributed by atoms with Crippen LogP contribution in [0.5, 0.6) is 5.75 Å². The van der Waals surface area contributed by atoms with Crippen LogP contribution in [0.25, 0.3) is 22.0 Å². The Balaban J connectivity index is 1.58. The number of carbonyl (C=O) groups excluding carboxylic acids is 2. The normalized spacial score (nSPS) is 16.3. The number of primary amides is 1. The van der Waals surface area contributed by atoms with Gasteiger partial charge in [0.25, 0.3) is 0 Å². The Kier molecular flexibility index (Phi) is 6.42. The predicted molar refractivity (Wildman–Crippen MR) is 123 cm³/mol. The first kappa shape index (κ1) is 21.2. The first-order chi connectivity index (χ1) is 15.0. The number of thioether (sulfide) groups is 1. The second kappa shape index (κ2) is 9.39. The van der Waals surface area contributed by atoms with Crippen LogP contribution in [0.2, 0.25) is 0 Å². The number of aromatic nitrogens is 1. The highest BCUT2D eigenvalue weighted by Crippen LogP contribution is 2.33. The number of likely N-dealkylation sites (tertiary alicyclic amines) is 1. The van der Waals surface area contributed by atoms with Crippen molar-refractivity contribution < 1.29 is 14.3 Å². The van der Waals surface area contributed by atoms with Crippen LogP contribution in [0.15, 0.2) is 59.6 Å². The van der Waals surface area contributed by atoms with Crippen LogP contribution in [-0.2, 0) is 9.59 Å². The van der Waals surface area contributed by atoms with Gasteiger partial charge in [-0.15, -0.1) is 0 Å². The van der Waals surface area contributed by atoms with E-state index in [2.05, 4.69) is 12.1 Å². The lowest BCUT2D eigenvalue weighted by Gasteiger charge is -2.31. The third kappa shape index (κ3) is 4.82. The summed E-state index contributed by atoms with van der Waals surface area (Å²) < 4.78 is 5.37. The molecule has 0 aliphatic carbocycles. The zero-order valence-corrected chi connectivity index (χ0v) is 18.2. The van der Waals surface area contributed by atoms with Gasteiger partial charge in [0.2, 0.25) is 11.8 Å². The number of ether oxygens (including phenoxy) is 1. The average Bonchev–Trinajstić information content (AvgIpc) is 2.82. The summed E-state index contributed by atoms with van der Waals surface area (Å²) in [6, 6.07) is 18.0. The maximum Gasteiger partial charge on any atom is 0.233 e. The molecule has 0 spiro atoms.